The molecule has 18 heavy (non-hydrogen) atoms. The summed E-state index contributed by atoms with van der Waals surface area (Å²) in [7, 11) is 0. The molecule has 2 unspecified atom stereocenters. The molecule has 1 fully saturated rings. The number of benzene rings is 1. The molecular weight excluding hydrogens is 224 g/mol. The molecule has 3 rings (SSSR count). The Morgan fingerprint density at radius 3 is 2.61 bits per heavy atom. The molecule has 2 atom stereocenters. The molecule has 94 valence electrons. The van der Waals surface area contributed by atoms with Gasteiger partial charge in [-0.15, -0.1) is 0 Å². The summed E-state index contributed by atoms with van der Waals surface area (Å²) in [6.07, 6.45) is 7.92. The first-order valence-electron chi connectivity index (χ1n) is 6.62. The van der Waals surface area contributed by atoms with Crippen LogP contribution in [-0.2, 0) is 0 Å². The van der Waals surface area contributed by atoms with E-state index in [2.05, 4.69) is 23.4 Å². The van der Waals surface area contributed by atoms with Crippen molar-refractivity contribution in [1.82, 2.24) is 9.78 Å². The van der Waals surface area contributed by atoms with Crippen LogP contribution >= 0.6 is 0 Å². The SMILES string of the molecule is OC1CCCCC1n1cc(-c2ccccc2)cn1. The average molecular weight is 242 g/mol. The predicted molar refractivity (Wildman–Crippen MR) is 71.2 cm³/mol. The van der Waals surface area contributed by atoms with Crippen LogP contribution in [0.2, 0.25) is 0 Å². The second-order valence-electron chi connectivity index (χ2n) is 4.99. The van der Waals surface area contributed by atoms with E-state index >= 15 is 0 Å². The molecule has 2 aromatic rings. The fourth-order valence-corrected chi connectivity index (χ4v) is 2.70. The molecule has 0 aliphatic heterocycles. The van der Waals surface area contributed by atoms with E-state index in [0.29, 0.717) is 0 Å². The molecule has 1 N–H and O–H groups in total. The van der Waals surface area contributed by atoms with Crippen molar-refractivity contribution in [3.05, 3.63) is 42.7 Å². The molecule has 1 heterocycles. The zero-order chi connectivity index (χ0) is 12.4. The lowest BCUT2D eigenvalue weighted by atomic mass is 9.93. The molecule has 0 amide bonds. The number of nitrogens with zero attached hydrogens (tertiary/aromatic N) is 2. The maximum absolute atomic E-state index is 10.0. The molecule has 1 aromatic carbocycles. The van der Waals surface area contributed by atoms with Gasteiger partial charge in [-0.1, -0.05) is 43.2 Å². The molecule has 3 nitrogen and oxygen atoms in total. The number of rotatable bonds is 2. The summed E-state index contributed by atoms with van der Waals surface area (Å²) in [5.41, 5.74) is 2.29. The summed E-state index contributed by atoms with van der Waals surface area (Å²) in [6, 6.07) is 10.4. The maximum Gasteiger partial charge on any atom is 0.0778 e. The van der Waals surface area contributed by atoms with Crippen LogP contribution in [0.4, 0.5) is 0 Å². The van der Waals surface area contributed by atoms with Crippen LogP contribution < -0.4 is 0 Å². The van der Waals surface area contributed by atoms with Gasteiger partial charge < -0.3 is 5.11 Å². The molecule has 1 saturated carbocycles. The van der Waals surface area contributed by atoms with Gasteiger partial charge in [0.15, 0.2) is 0 Å². The van der Waals surface area contributed by atoms with Gasteiger partial charge in [0, 0.05) is 11.8 Å². The van der Waals surface area contributed by atoms with Crippen LogP contribution in [0.5, 0.6) is 0 Å². The van der Waals surface area contributed by atoms with E-state index in [0.717, 1.165) is 24.8 Å². The van der Waals surface area contributed by atoms with E-state index in [1.54, 1.807) is 0 Å². The van der Waals surface area contributed by atoms with E-state index < -0.39 is 0 Å². The second-order valence-corrected chi connectivity index (χ2v) is 4.99. The highest BCUT2D eigenvalue weighted by Crippen LogP contribution is 2.29. The van der Waals surface area contributed by atoms with E-state index in [1.165, 1.54) is 12.0 Å². The smallest absolute Gasteiger partial charge is 0.0778 e. The summed E-state index contributed by atoms with van der Waals surface area (Å²) >= 11 is 0. The average Bonchev–Trinajstić information content (AvgIpc) is 2.90. The fraction of sp³-hybridized carbons (Fsp3) is 0.400. The van der Waals surface area contributed by atoms with Crippen molar-refractivity contribution in [2.75, 3.05) is 0 Å². The van der Waals surface area contributed by atoms with E-state index in [4.69, 9.17) is 0 Å². The highest BCUT2D eigenvalue weighted by atomic mass is 16.3. The molecule has 0 saturated heterocycles. The molecule has 0 spiro atoms. The Labute approximate surface area is 107 Å². The molecule has 3 heteroatoms. The van der Waals surface area contributed by atoms with Gasteiger partial charge in [0.05, 0.1) is 18.3 Å². The van der Waals surface area contributed by atoms with E-state index in [9.17, 15) is 5.11 Å². The van der Waals surface area contributed by atoms with Crippen molar-refractivity contribution < 1.29 is 5.11 Å². The fourth-order valence-electron chi connectivity index (χ4n) is 2.70. The van der Waals surface area contributed by atoms with Gasteiger partial charge in [-0.25, -0.2) is 0 Å². The van der Waals surface area contributed by atoms with Gasteiger partial charge in [-0.3, -0.25) is 4.68 Å². The number of aliphatic hydroxyl groups excluding tert-OH is 1. The van der Waals surface area contributed by atoms with Crippen molar-refractivity contribution in [2.24, 2.45) is 0 Å². The molecule has 0 radical (unpaired) electrons. The van der Waals surface area contributed by atoms with E-state index in [-0.39, 0.29) is 12.1 Å². The standard InChI is InChI=1S/C15H18N2O/c18-15-9-5-4-8-14(15)17-11-13(10-16-17)12-6-2-1-3-7-12/h1-3,6-7,10-11,14-15,18H,4-5,8-9H2. The summed E-state index contributed by atoms with van der Waals surface area (Å²) in [5.74, 6) is 0. The van der Waals surface area contributed by atoms with Crippen LogP contribution in [0.15, 0.2) is 42.7 Å². The predicted octanol–water partition coefficient (Wildman–Crippen LogP) is 3.03. The summed E-state index contributed by atoms with van der Waals surface area (Å²) in [5, 5.41) is 14.5. The maximum atomic E-state index is 10.0. The zero-order valence-electron chi connectivity index (χ0n) is 10.4. The topological polar surface area (TPSA) is 38.0 Å². The Balaban J connectivity index is 1.85. The Hall–Kier alpha value is -1.61. The lowest BCUT2D eigenvalue weighted by Gasteiger charge is -2.27. The van der Waals surface area contributed by atoms with Gasteiger partial charge in [-0.05, 0) is 18.4 Å². The first kappa shape index (κ1) is 11.5. The number of hydrogen-bond acceptors (Lipinski definition) is 2. The van der Waals surface area contributed by atoms with Gasteiger partial charge in [0.1, 0.15) is 0 Å². The number of hydrogen-bond donors (Lipinski definition) is 1. The normalized spacial score (nSPS) is 24.1. The first-order valence-corrected chi connectivity index (χ1v) is 6.62. The van der Waals surface area contributed by atoms with Crippen molar-refractivity contribution in [3.63, 3.8) is 0 Å². The molecule has 1 aliphatic rings. The minimum Gasteiger partial charge on any atom is -0.391 e. The van der Waals surface area contributed by atoms with E-state index in [1.807, 2.05) is 29.1 Å². The largest absolute Gasteiger partial charge is 0.391 e. The third-order valence-electron chi connectivity index (χ3n) is 3.74. The van der Waals surface area contributed by atoms with Gasteiger partial charge >= 0.3 is 0 Å². The van der Waals surface area contributed by atoms with Gasteiger partial charge in [-0.2, -0.15) is 5.10 Å². The monoisotopic (exact) mass is 242 g/mol. The Bertz CT molecular complexity index is 506. The zero-order valence-corrected chi connectivity index (χ0v) is 10.4. The minimum atomic E-state index is -0.248. The Morgan fingerprint density at radius 2 is 1.83 bits per heavy atom. The third kappa shape index (κ3) is 2.18. The van der Waals surface area contributed by atoms with Crippen molar-refractivity contribution in [3.8, 4) is 11.1 Å². The van der Waals surface area contributed by atoms with Crippen LogP contribution in [0.25, 0.3) is 11.1 Å². The molecule has 1 aromatic heterocycles. The van der Waals surface area contributed by atoms with Crippen LogP contribution in [0, 0.1) is 0 Å². The lowest BCUT2D eigenvalue weighted by molar-refractivity contribution is 0.0695. The Morgan fingerprint density at radius 1 is 1.06 bits per heavy atom. The molecular formula is C15H18N2O. The molecule has 0 bridgehead atoms. The van der Waals surface area contributed by atoms with Crippen LogP contribution in [-0.4, -0.2) is 21.0 Å². The number of aliphatic hydroxyl groups is 1. The van der Waals surface area contributed by atoms with Crippen LogP contribution in [0.3, 0.4) is 0 Å². The van der Waals surface area contributed by atoms with Crippen molar-refractivity contribution in [1.29, 1.82) is 0 Å². The third-order valence-corrected chi connectivity index (χ3v) is 3.74. The lowest BCUT2D eigenvalue weighted by Crippen LogP contribution is -2.27. The highest BCUT2D eigenvalue weighted by molar-refractivity contribution is 5.61. The van der Waals surface area contributed by atoms with Gasteiger partial charge in [0.2, 0.25) is 0 Å². The van der Waals surface area contributed by atoms with Gasteiger partial charge in [0.25, 0.3) is 0 Å². The summed E-state index contributed by atoms with van der Waals surface area (Å²) in [4.78, 5) is 0. The highest BCUT2D eigenvalue weighted by Gasteiger charge is 2.25. The summed E-state index contributed by atoms with van der Waals surface area (Å²) < 4.78 is 1.94. The Kier molecular flexibility index (Phi) is 3.15. The van der Waals surface area contributed by atoms with Crippen molar-refractivity contribution >= 4 is 0 Å². The summed E-state index contributed by atoms with van der Waals surface area (Å²) in [6.45, 7) is 0. The molecule has 1 aliphatic carbocycles. The second kappa shape index (κ2) is 4.94. The van der Waals surface area contributed by atoms with Crippen LogP contribution in [0.1, 0.15) is 31.7 Å². The number of aromatic nitrogens is 2. The van der Waals surface area contributed by atoms with Crippen molar-refractivity contribution in [2.45, 2.75) is 37.8 Å². The minimum absolute atomic E-state index is 0.149. The first-order chi connectivity index (χ1) is 8.84. The quantitative estimate of drug-likeness (QED) is 0.879.